The number of amides is 1. The smallest absolute Gasteiger partial charge is 0.233 e. The average molecular weight is 168 g/mol. The summed E-state index contributed by atoms with van der Waals surface area (Å²) in [6.07, 6.45) is 6.63. The normalized spacial score (nSPS) is 9.00. The summed E-state index contributed by atoms with van der Waals surface area (Å²) in [6.45, 7) is 3.85. The first kappa shape index (κ1) is 11.0. The Hall–Kier alpha value is -1.01. The lowest BCUT2D eigenvalue weighted by Gasteiger charge is -2.03. The van der Waals surface area contributed by atoms with Crippen LogP contribution in [0.15, 0.2) is 0 Å². The van der Waals surface area contributed by atoms with Gasteiger partial charge in [0.2, 0.25) is 5.91 Å². The van der Waals surface area contributed by atoms with Crippen molar-refractivity contribution in [2.75, 3.05) is 19.6 Å². The van der Waals surface area contributed by atoms with E-state index in [0.717, 1.165) is 19.4 Å². The van der Waals surface area contributed by atoms with Crippen LogP contribution >= 0.6 is 0 Å². The Labute approximate surface area is 73.9 Å². The molecule has 0 aromatic rings. The van der Waals surface area contributed by atoms with Crippen molar-refractivity contribution in [3.8, 4) is 12.3 Å². The van der Waals surface area contributed by atoms with Crippen molar-refractivity contribution in [1.29, 1.82) is 0 Å². The highest BCUT2D eigenvalue weighted by Crippen LogP contribution is 1.81. The summed E-state index contributed by atoms with van der Waals surface area (Å²) in [5, 5.41) is 5.69. The van der Waals surface area contributed by atoms with Crippen LogP contribution in [0.3, 0.4) is 0 Å². The zero-order valence-corrected chi connectivity index (χ0v) is 7.52. The van der Waals surface area contributed by atoms with E-state index in [9.17, 15) is 4.79 Å². The minimum absolute atomic E-state index is 0.0360. The molecular weight excluding hydrogens is 152 g/mol. The van der Waals surface area contributed by atoms with Crippen LogP contribution in [-0.2, 0) is 4.79 Å². The Morgan fingerprint density at radius 1 is 1.58 bits per heavy atom. The molecule has 0 aromatic heterocycles. The zero-order valence-electron chi connectivity index (χ0n) is 7.52. The van der Waals surface area contributed by atoms with Gasteiger partial charge in [-0.05, 0) is 13.0 Å². The third-order valence-corrected chi connectivity index (χ3v) is 1.36. The quantitative estimate of drug-likeness (QED) is 0.437. The highest BCUT2D eigenvalue weighted by Gasteiger charge is 1.96. The maximum absolute atomic E-state index is 10.9. The largest absolute Gasteiger partial charge is 0.355 e. The molecule has 0 bridgehead atoms. The first-order chi connectivity index (χ1) is 5.81. The van der Waals surface area contributed by atoms with Crippen LogP contribution in [0.5, 0.6) is 0 Å². The van der Waals surface area contributed by atoms with E-state index < -0.39 is 0 Å². The maximum atomic E-state index is 10.9. The second kappa shape index (κ2) is 8.09. The fourth-order valence-corrected chi connectivity index (χ4v) is 0.719. The molecule has 2 N–H and O–H groups in total. The SMILES string of the molecule is C#CCCCNC(=O)CNCC. The minimum atomic E-state index is 0.0360. The number of terminal acetylenes is 1. The molecule has 0 spiro atoms. The van der Waals surface area contributed by atoms with Crippen LogP contribution in [-0.4, -0.2) is 25.5 Å². The Balaban J connectivity index is 3.15. The number of carbonyl (C=O) groups is 1. The van der Waals surface area contributed by atoms with E-state index in [4.69, 9.17) is 6.42 Å². The van der Waals surface area contributed by atoms with Crippen LogP contribution in [0.4, 0.5) is 0 Å². The van der Waals surface area contributed by atoms with Crippen LogP contribution in [0.25, 0.3) is 0 Å². The van der Waals surface area contributed by atoms with Gasteiger partial charge in [-0.25, -0.2) is 0 Å². The topological polar surface area (TPSA) is 41.1 Å². The van der Waals surface area contributed by atoms with Crippen molar-refractivity contribution >= 4 is 5.91 Å². The van der Waals surface area contributed by atoms with Crippen LogP contribution in [0, 0.1) is 12.3 Å². The monoisotopic (exact) mass is 168 g/mol. The van der Waals surface area contributed by atoms with E-state index in [1.54, 1.807) is 0 Å². The summed E-state index contributed by atoms with van der Waals surface area (Å²) in [6, 6.07) is 0. The molecule has 0 unspecified atom stereocenters. The van der Waals surface area contributed by atoms with Gasteiger partial charge in [-0.3, -0.25) is 4.79 Å². The molecule has 3 nitrogen and oxygen atoms in total. The van der Waals surface area contributed by atoms with Crippen molar-refractivity contribution in [2.45, 2.75) is 19.8 Å². The number of hydrogen-bond donors (Lipinski definition) is 2. The van der Waals surface area contributed by atoms with E-state index in [-0.39, 0.29) is 5.91 Å². The lowest BCUT2D eigenvalue weighted by molar-refractivity contribution is -0.120. The number of carbonyl (C=O) groups excluding carboxylic acids is 1. The Bertz CT molecular complexity index is 160. The summed E-state index contributed by atoms with van der Waals surface area (Å²) < 4.78 is 0. The van der Waals surface area contributed by atoms with Crippen molar-refractivity contribution in [2.24, 2.45) is 0 Å². The van der Waals surface area contributed by atoms with Gasteiger partial charge < -0.3 is 10.6 Å². The lowest BCUT2D eigenvalue weighted by atomic mass is 10.3. The first-order valence-electron chi connectivity index (χ1n) is 4.22. The minimum Gasteiger partial charge on any atom is -0.355 e. The highest BCUT2D eigenvalue weighted by atomic mass is 16.1. The Morgan fingerprint density at radius 2 is 2.33 bits per heavy atom. The molecule has 0 aliphatic carbocycles. The predicted octanol–water partition coefficient (Wildman–Crippen LogP) is 0.125. The second-order valence-electron chi connectivity index (χ2n) is 2.44. The molecule has 0 rings (SSSR count). The fraction of sp³-hybridized carbons (Fsp3) is 0.667. The third-order valence-electron chi connectivity index (χ3n) is 1.36. The molecule has 0 heterocycles. The molecule has 0 radical (unpaired) electrons. The van der Waals surface area contributed by atoms with E-state index in [1.807, 2.05) is 6.92 Å². The molecule has 0 aromatic carbocycles. The van der Waals surface area contributed by atoms with Crippen LogP contribution in [0.1, 0.15) is 19.8 Å². The molecule has 12 heavy (non-hydrogen) atoms. The van der Waals surface area contributed by atoms with Gasteiger partial charge in [0.15, 0.2) is 0 Å². The number of unbranched alkanes of at least 4 members (excludes halogenated alkanes) is 1. The van der Waals surface area contributed by atoms with Gasteiger partial charge >= 0.3 is 0 Å². The Kier molecular flexibility index (Phi) is 7.41. The summed E-state index contributed by atoms with van der Waals surface area (Å²) in [7, 11) is 0. The number of nitrogens with one attached hydrogen (secondary N) is 2. The van der Waals surface area contributed by atoms with Gasteiger partial charge in [0, 0.05) is 13.0 Å². The van der Waals surface area contributed by atoms with Gasteiger partial charge in [-0.1, -0.05) is 6.92 Å². The summed E-state index contributed by atoms with van der Waals surface area (Å²) in [4.78, 5) is 10.9. The molecule has 3 heteroatoms. The second-order valence-corrected chi connectivity index (χ2v) is 2.44. The Morgan fingerprint density at radius 3 is 2.92 bits per heavy atom. The zero-order chi connectivity index (χ0) is 9.23. The molecular formula is C9H16N2O. The van der Waals surface area contributed by atoms with Crippen LogP contribution in [0.2, 0.25) is 0 Å². The van der Waals surface area contributed by atoms with E-state index in [2.05, 4.69) is 16.6 Å². The van der Waals surface area contributed by atoms with Crippen LogP contribution < -0.4 is 10.6 Å². The molecule has 68 valence electrons. The van der Waals surface area contributed by atoms with E-state index >= 15 is 0 Å². The standard InChI is InChI=1S/C9H16N2O/c1-3-5-6-7-11-9(12)8-10-4-2/h1,10H,4-8H2,2H3,(H,11,12). The molecule has 0 aliphatic heterocycles. The number of likely N-dealkylation sites (N-methyl/N-ethyl adjacent to an activating group) is 1. The van der Waals surface area contributed by atoms with E-state index in [1.165, 1.54) is 0 Å². The molecule has 0 fully saturated rings. The summed E-state index contributed by atoms with van der Waals surface area (Å²) in [5.74, 6) is 2.55. The van der Waals surface area contributed by atoms with Gasteiger partial charge in [0.25, 0.3) is 0 Å². The first-order valence-corrected chi connectivity index (χ1v) is 4.22. The van der Waals surface area contributed by atoms with Crippen molar-refractivity contribution in [3.63, 3.8) is 0 Å². The summed E-state index contributed by atoms with van der Waals surface area (Å²) >= 11 is 0. The van der Waals surface area contributed by atoms with Crippen molar-refractivity contribution in [1.82, 2.24) is 10.6 Å². The van der Waals surface area contributed by atoms with Gasteiger partial charge in [0.1, 0.15) is 0 Å². The molecule has 0 saturated heterocycles. The molecule has 0 aliphatic rings. The molecule has 0 atom stereocenters. The fourth-order valence-electron chi connectivity index (χ4n) is 0.719. The van der Waals surface area contributed by atoms with Gasteiger partial charge in [-0.15, -0.1) is 12.3 Å². The average Bonchev–Trinajstić information content (AvgIpc) is 2.09. The van der Waals surface area contributed by atoms with Crippen molar-refractivity contribution < 1.29 is 4.79 Å². The number of hydrogen-bond acceptors (Lipinski definition) is 2. The summed E-state index contributed by atoms with van der Waals surface area (Å²) in [5.41, 5.74) is 0. The predicted molar refractivity (Wildman–Crippen MR) is 49.6 cm³/mol. The number of rotatable bonds is 6. The van der Waals surface area contributed by atoms with Gasteiger partial charge in [-0.2, -0.15) is 0 Å². The van der Waals surface area contributed by atoms with Gasteiger partial charge in [0.05, 0.1) is 6.54 Å². The van der Waals surface area contributed by atoms with Crippen molar-refractivity contribution in [3.05, 3.63) is 0 Å². The third kappa shape index (κ3) is 7.10. The molecule has 0 saturated carbocycles. The maximum Gasteiger partial charge on any atom is 0.233 e. The lowest BCUT2D eigenvalue weighted by Crippen LogP contribution is -2.34. The molecule has 1 amide bonds. The highest BCUT2D eigenvalue weighted by molar-refractivity contribution is 5.77. The van der Waals surface area contributed by atoms with E-state index in [0.29, 0.717) is 13.1 Å².